The Labute approximate surface area is 147 Å². The number of aromatic nitrogens is 2. The van der Waals surface area contributed by atoms with Crippen molar-refractivity contribution < 1.29 is 0 Å². The second-order valence-corrected chi connectivity index (χ2v) is 7.31. The standard InChI is InChI=1S/C17H24N6S/c1-21(2)15-7-5-4-6-14(15)12-18-17-20-19-16(24-17)13-23-10-8-22(3)9-11-23/h4-7,12H,8-11,13H2,1-3H3/b18-12+. The first kappa shape index (κ1) is 17.0. The van der Waals surface area contributed by atoms with Crippen LogP contribution in [-0.4, -0.2) is 73.5 Å². The van der Waals surface area contributed by atoms with Gasteiger partial charge in [0.15, 0.2) is 0 Å². The molecule has 0 radical (unpaired) electrons. The van der Waals surface area contributed by atoms with Crippen LogP contribution in [0.2, 0.25) is 0 Å². The normalized spacial score (nSPS) is 16.8. The molecule has 2 aromatic rings. The van der Waals surface area contributed by atoms with Crippen LogP contribution in [-0.2, 0) is 6.54 Å². The first-order valence-corrected chi connectivity index (χ1v) is 8.97. The average molecular weight is 344 g/mol. The van der Waals surface area contributed by atoms with Gasteiger partial charge in [0.25, 0.3) is 0 Å². The molecule has 6 nitrogen and oxygen atoms in total. The summed E-state index contributed by atoms with van der Waals surface area (Å²) < 4.78 is 0. The molecule has 1 aromatic carbocycles. The van der Waals surface area contributed by atoms with Gasteiger partial charge in [0.05, 0.1) is 6.54 Å². The number of anilines is 1. The summed E-state index contributed by atoms with van der Waals surface area (Å²) in [6.07, 6.45) is 1.87. The third-order valence-corrected chi connectivity index (χ3v) is 4.96. The predicted molar refractivity (Wildman–Crippen MR) is 101 cm³/mol. The molecule has 0 spiro atoms. The number of rotatable bonds is 5. The van der Waals surface area contributed by atoms with E-state index in [0.717, 1.165) is 49.0 Å². The Morgan fingerprint density at radius 2 is 1.92 bits per heavy atom. The minimum absolute atomic E-state index is 0.715. The van der Waals surface area contributed by atoms with Crippen LogP contribution in [0, 0.1) is 0 Å². The van der Waals surface area contributed by atoms with E-state index in [0.29, 0.717) is 5.13 Å². The van der Waals surface area contributed by atoms with Crippen molar-refractivity contribution in [3.63, 3.8) is 0 Å². The van der Waals surface area contributed by atoms with E-state index < -0.39 is 0 Å². The number of aliphatic imine (C=N–C) groups is 1. The van der Waals surface area contributed by atoms with Gasteiger partial charge in [-0.05, 0) is 13.1 Å². The molecule has 0 unspecified atom stereocenters. The molecule has 1 aromatic heterocycles. The van der Waals surface area contributed by atoms with E-state index in [1.807, 2.05) is 32.4 Å². The van der Waals surface area contributed by atoms with E-state index in [1.165, 1.54) is 0 Å². The summed E-state index contributed by atoms with van der Waals surface area (Å²) in [4.78, 5) is 11.4. The number of piperazine rings is 1. The zero-order valence-electron chi connectivity index (χ0n) is 14.5. The SMILES string of the molecule is CN1CCN(Cc2nnc(/N=C/c3ccccc3N(C)C)s2)CC1. The highest BCUT2D eigenvalue weighted by atomic mass is 32.1. The van der Waals surface area contributed by atoms with Crippen molar-refractivity contribution in [2.75, 3.05) is 52.2 Å². The Morgan fingerprint density at radius 1 is 1.17 bits per heavy atom. The Morgan fingerprint density at radius 3 is 2.67 bits per heavy atom. The van der Waals surface area contributed by atoms with Crippen molar-refractivity contribution in [3.8, 4) is 0 Å². The van der Waals surface area contributed by atoms with Crippen LogP contribution in [0.5, 0.6) is 0 Å². The lowest BCUT2D eigenvalue weighted by Gasteiger charge is -2.31. The number of benzene rings is 1. The second-order valence-electron chi connectivity index (χ2n) is 6.27. The first-order valence-electron chi connectivity index (χ1n) is 8.15. The number of hydrogen-bond acceptors (Lipinski definition) is 7. The number of likely N-dealkylation sites (N-methyl/N-ethyl adjacent to an activating group) is 1. The molecule has 3 rings (SSSR count). The molecule has 1 aliphatic heterocycles. The van der Waals surface area contributed by atoms with Gasteiger partial charge >= 0.3 is 0 Å². The lowest BCUT2D eigenvalue weighted by molar-refractivity contribution is 0.148. The number of para-hydroxylation sites is 1. The van der Waals surface area contributed by atoms with Crippen LogP contribution in [0.1, 0.15) is 10.6 Å². The van der Waals surface area contributed by atoms with Gasteiger partial charge in [0.2, 0.25) is 5.13 Å². The van der Waals surface area contributed by atoms with Crippen LogP contribution in [0.15, 0.2) is 29.3 Å². The van der Waals surface area contributed by atoms with Gasteiger partial charge < -0.3 is 9.80 Å². The fourth-order valence-electron chi connectivity index (χ4n) is 2.69. The summed E-state index contributed by atoms with van der Waals surface area (Å²) in [6, 6.07) is 8.20. The highest BCUT2D eigenvalue weighted by Gasteiger charge is 2.15. The zero-order valence-corrected chi connectivity index (χ0v) is 15.3. The van der Waals surface area contributed by atoms with Crippen molar-refractivity contribution in [3.05, 3.63) is 34.8 Å². The maximum Gasteiger partial charge on any atom is 0.231 e. The van der Waals surface area contributed by atoms with E-state index in [-0.39, 0.29) is 0 Å². The monoisotopic (exact) mass is 344 g/mol. The molecule has 1 aliphatic rings. The molecule has 0 atom stereocenters. The summed E-state index contributed by atoms with van der Waals surface area (Å²) >= 11 is 1.57. The molecule has 0 saturated carbocycles. The van der Waals surface area contributed by atoms with Gasteiger partial charge in [-0.1, -0.05) is 29.5 Å². The van der Waals surface area contributed by atoms with Crippen molar-refractivity contribution in [2.24, 2.45) is 4.99 Å². The highest BCUT2D eigenvalue weighted by Crippen LogP contribution is 2.22. The summed E-state index contributed by atoms with van der Waals surface area (Å²) in [5, 5.41) is 10.2. The zero-order chi connectivity index (χ0) is 16.9. The maximum atomic E-state index is 4.51. The van der Waals surface area contributed by atoms with Gasteiger partial charge in [-0.25, -0.2) is 4.99 Å². The molecular weight excluding hydrogens is 320 g/mol. The summed E-state index contributed by atoms with van der Waals surface area (Å²) in [6.45, 7) is 5.28. The fourth-order valence-corrected chi connectivity index (χ4v) is 3.41. The van der Waals surface area contributed by atoms with E-state index in [9.17, 15) is 0 Å². The lowest BCUT2D eigenvalue weighted by Crippen LogP contribution is -2.43. The van der Waals surface area contributed by atoms with Crippen LogP contribution in [0.3, 0.4) is 0 Å². The van der Waals surface area contributed by atoms with Crippen molar-refractivity contribution >= 4 is 28.4 Å². The van der Waals surface area contributed by atoms with E-state index in [2.05, 4.69) is 49.1 Å². The Kier molecular flexibility index (Phi) is 5.55. The van der Waals surface area contributed by atoms with Gasteiger partial charge in [0.1, 0.15) is 5.01 Å². The minimum Gasteiger partial charge on any atom is -0.377 e. The average Bonchev–Trinajstić information content (AvgIpc) is 3.03. The third kappa shape index (κ3) is 4.37. The van der Waals surface area contributed by atoms with Crippen LogP contribution >= 0.6 is 11.3 Å². The first-order chi connectivity index (χ1) is 11.6. The quantitative estimate of drug-likeness (QED) is 0.778. The topological polar surface area (TPSA) is 47.9 Å². The van der Waals surface area contributed by atoms with E-state index >= 15 is 0 Å². The van der Waals surface area contributed by atoms with Crippen LogP contribution in [0.25, 0.3) is 0 Å². The summed E-state index contributed by atoms with van der Waals surface area (Å²) in [5.74, 6) is 0. The van der Waals surface area contributed by atoms with E-state index in [4.69, 9.17) is 0 Å². The molecule has 24 heavy (non-hydrogen) atoms. The van der Waals surface area contributed by atoms with Crippen LogP contribution < -0.4 is 4.90 Å². The summed E-state index contributed by atoms with van der Waals surface area (Å²) in [7, 11) is 6.23. The van der Waals surface area contributed by atoms with E-state index in [1.54, 1.807) is 11.3 Å². The van der Waals surface area contributed by atoms with Crippen LogP contribution in [0.4, 0.5) is 10.8 Å². The molecular formula is C17H24N6S. The smallest absolute Gasteiger partial charge is 0.231 e. The van der Waals surface area contributed by atoms with Crippen molar-refractivity contribution in [1.82, 2.24) is 20.0 Å². The van der Waals surface area contributed by atoms with Crippen molar-refractivity contribution in [1.29, 1.82) is 0 Å². The largest absolute Gasteiger partial charge is 0.377 e. The van der Waals surface area contributed by atoms with Crippen molar-refractivity contribution in [2.45, 2.75) is 6.54 Å². The molecule has 1 saturated heterocycles. The molecule has 0 amide bonds. The molecule has 128 valence electrons. The minimum atomic E-state index is 0.715. The number of hydrogen-bond donors (Lipinski definition) is 0. The van der Waals surface area contributed by atoms with Gasteiger partial charge in [-0.3, -0.25) is 4.90 Å². The Balaban J connectivity index is 1.64. The third-order valence-electron chi connectivity index (χ3n) is 4.14. The molecule has 7 heteroatoms. The predicted octanol–water partition coefficient (Wildman–Crippen LogP) is 2.10. The number of nitrogens with zero attached hydrogens (tertiary/aromatic N) is 6. The maximum absolute atomic E-state index is 4.51. The Hall–Kier alpha value is -1.83. The molecule has 0 bridgehead atoms. The molecule has 0 aliphatic carbocycles. The molecule has 0 N–H and O–H groups in total. The fraction of sp³-hybridized carbons (Fsp3) is 0.471. The Bertz CT molecular complexity index is 688. The highest BCUT2D eigenvalue weighted by molar-refractivity contribution is 7.14. The molecule has 1 fully saturated rings. The summed E-state index contributed by atoms with van der Waals surface area (Å²) in [5.41, 5.74) is 2.22. The molecule has 2 heterocycles. The second kappa shape index (κ2) is 7.83. The van der Waals surface area contributed by atoms with Gasteiger partial charge in [-0.2, -0.15) is 0 Å². The van der Waals surface area contributed by atoms with Gasteiger partial charge in [0, 0.05) is 57.7 Å². The van der Waals surface area contributed by atoms with Gasteiger partial charge in [-0.15, -0.1) is 10.2 Å². The lowest BCUT2D eigenvalue weighted by atomic mass is 10.2.